The van der Waals surface area contributed by atoms with Crippen molar-refractivity contribution in [3.63, 3.8) is 0 Å². The fourth-order valence-electron chi connectivity index (χ4n) is 4.10. The van der Waals surface area contributed by atoms with E-state index in [0.29, 0.717) is 48.8 Å². The van der Waals surface area contributed by atoms with E-state index in [4.69, 9.17) is 0 Å². The number of halogens is 1. The van der Waals surface area contributed by atoms with Crippen molar-refractivity contribution in [1.29, 1.82) is 0 Å². The van der Waals surface area contributed by atoms with Crippen molar-refractivity contribution >= 4 is 17.6 Å². The Morgan fingerprint density at radius 3 is 1.74 bits per heavy atom. The van der Waals surface area contributed by atoms with E-state index in [1.807, 2.05) is 24.3 Å². The first-order valence-electron chi connectivity index (χ1n) is 11.4. The summed E-state index contributed by atoms with van der Waals surface area (Å²) < 4.78 is 13.2. The second-order valence-electron chi connectivity index (χ2n) is 8.74. The maximum atomic E-state index is 13.3. The quantitative estimate of drug-likeness (QED) is 0.517. The van der Waals surface area contributed by atoms with E-state index in [0.717, 1.165) is 0 Å². The Bertz CT molecular complexity index is 1200. The number of rotatable bonds is 5. The fourth-order valence-corrected chi connectivity index (χ4v) is 4.10. The highest BCUT2D eigenvalue weighted by Crippen LogP contribution is 2.20. The van der Waals surface area contributed by atoms with Gasteiger partial charge in [-0.1, -0.05) is 44.2 Å². The van der Waals surface area contributed by atoms with Gasteiger partial charge in [0.15, 0.2) is 5.78 Å². The maximum absolute atomic E-state index is 13.3. The van der Waals surface area contributed by atoms with Crippen molar-refractivity contribution in [2.24, 2.45) is 0 Å². The lowest BCUT2D eigenvalue weighted by Gasteiger charge is -2.35. The largest absolute Gasteiger partial charge is 0.335 e. The van der Waals surface area contributed by atoms with E-state index >= 15 is 0 Å². The molecule has 0 N–H and O–H groups in total. The van der Waals surface area contributed by atoms with Gasteiger partial charge >= 0.3 is 0 Å². The Kier molecular flexibility index (Phi) is 6.87. The number of ketones is 1. The minimum absolute atomic E-state index is 0.0470. The summed E-state index contributed by atoms with van der Waals surface area (Å²) in [5.74, 6) is -0.655. The molecule has 1 aliphatic rings. The van der Waals surface area contributed by atoms with E-state index in [-0.39, 0.29) is 23.2 Å². The Morgan fingerprint density at radius 2 is 1.18 bits per heavy atom. The van der Waals surface area contributed by atoms with E-state index in [1.54, 1.807) is 34.1 Å². The molecule has 34 heavy (non-hydrogen) atoms. The highest BCUT2D eigenvalue weighted by Gasteiger charge is 2.28. The molecule has 2 amide bonds. The lowest BCUT2D eigenvalue weighted by molar-refractivity contribution is 0.0534. The average Bonchev–Trinajstić information content (AvgIpc) is 2.88. The number of carbonyl (C=O) groups is 3. The number of nitrogens with zero attached hydrogens (tertiary/aromatic N) is 2. The molecule has 1 aliphatic heterocycles. The first-order valence-corrected chi connectivity index (χ1v) is 11.4. The van der Waals surface area contributed by atoms with Crippen LogP contribution in [0.5, 0.6) is 0 Å². The number of hydrogen-bond donors (Lipinski definition) is 0. The molecule has 0 unspecified atom stereocenters. The van der Waals surface area contributed by atoms with Crippen molar-refractivity contribution < 1.29 is 18.8 Å². The van der Waals surface area contributed by atoms with Gasteiger partial charge in [0.1, 0.15) is 5.82 Å². The zero-order valence-corrected chi connectivity index (χ0v) is 19.3. The molecule has 3 aromatic carbocycles. The number of carbonyl (C=O) groups excluding carboxylic acids is 3. The van der Waals surface area contributed by atoms with Gasteiger partial charge in [-0.25, -0.2) is 4.39 Å². The van der Waals surface area contributed by atoms with Crippen molar-refractivity contribution in [2.75, 3.05) is 26.2 Å². The van der Waals surface area contributed by atoms with Gasteiger partial charge in [-0.15, -0.1) is 0 Å². The second-order valence-corrected chi connectivity index (χ2v) is 8.74. The molecule has 3 aromatic rings. The molecule has 0 aliphatic carbocycles. The van der Waals surface area contributed by atoms with E-state index in [9.17, 15) is 18.8 Å². The molecule has 0 bridgehead atoms. The Hall–Kier alpha value is -3.80. The summed E-state index contributed by atoms with van der Waals surface area (Å²) in [6.07, 6.45) is 0. The summed E-state index contributed by atoms with van der Waals surface area (Å²) in [5.41, 5.74) is 2.73. The van der Waals surface area contributed by atoms with E-state index < -0.39 is 5.82 Å². The molecular weight excluding hydrogens is 431 g/mol. The molecule has 174 valence electrons. The van der Waals surface area contributed by atoms with Gasteiger partial charge in [-0.05, 0) is 53.9 Å². The van der Waals surface area contributed by atoms with Gasteiger partial charge < -0.3 is 9.80 Å². The van der Waals surface area contributed by atoms with Crippen molar-refractivity contribution in [3.8, 4) is 0 Å². The maximum Gasteiger partial charge on any atom is 0.254 e. The highest BCUT2D eigenvalue weighted by molar-refractivity contribution is 6.15. The van der Waals surface area contributed by atoms with Crippen molar-refractivity contribution in [1.82, 2.24) is 9.80 Å². The molecule has 1 heterocycles. The summed E-state index contributed by atoms with van der Waals surface area (Å²) in [6, 6.07) is 19.6. The molecule has 4 rings (SSSR count). The second kappa shape index (κ2) is 10.00. The van der Waals surface area contributed by atoms with Crippen LogP contribution in [-0.4, -0.2) is 53.6 Å². The molecule has 0 atom stereocenters. The zero-order chi connectivity index (χ0) is 24.2. The third-order valence-electron chi connectivity index (χ3n) is 6.19. The first-order chi connectivity index (χ1) is 16.3. The van der Waals surface area contributed by atoms with Crippen LogP contribution in [0.2, 0.25) is 0 Å². The molecule has 1 fully saturated rings. The van der Waals surface area contributed by atoms with Gasteiger partial charge in [0, 0.05) is 42.9 Å². The summed E-state index contributed by atoms with van der Waals surface area (Å²) >= 11 is 0. The standard InChI is InChI=1S/C28H27FN2O3/c1-19(2)20-7-9-22(10-8-20)27(33)30-15-17-31(18-16-30)28(34)25-6-4-3-5-24(25)26(32)21-11-13-23(29)14-12-21/h3-14,19H,15-18H2,1-2H3. The molecule has 0 saturated carbocycles. The van der Waals surface area contributed by atoms with Crippen LogP contribution >= 0.6 is 0 Å². The summed E-state index contributed by atoms with van der Waals surface area (Å²) in [4.78, 5) is 42.6. The van der Waals surface area contributed by atoms with Gasteiger partial charge in [-0.2, -0.15) is 0 Å². The SMILES string of the molecule is CC(C)c1ccc(C(=O)N2CCN(C(=O)c3ccccc3C(=O)c3ccc(F)cc3)CC2)cc1. The molecule has 0 radical (unpaired) electrons. The van der Waals surface area contributed by atoms with Crippen LogP contribution in [0.1, 0.15) is 62.0 Å². The lowest BCUT2D eigenvalue weighted by atomic mass is 9.97. The van der Waals surface area contributed by atoms with E-state index in [1.165, 1.54) is 29.8 Å². The third kappa shape index (κ3) is 4.91. The fraction of sp³-hybridized carbons (Fsp3) is 0.250. The molecular formula is C28H27FN2O3. The Balaban J connectivity index is 1.44. The van der Waals surface area contributed by atoms with Crippen LogP contribution in [0.3, 0.4) is 0 Å². The van der Waals surface area contributed by atoms with Crippen LogP contribution in [0, 0.1) is 5.82 Å². The van der Waals surface area contributed by atoms with Gasteiger partial charge in [0.25, 0.3) is 11.8 Å². The highest BCUT2D eigenvalue weighted by atomic mass is 19.1. The minimum Gasteiger partial charge on any atom is -0.335 e. The Morgan fingerprint density at radius 1 is 0.676 bits per heavy atom. The third-order valence-corrected chi connectivity index (χ3v) is 6.19. The van der Waals surface area contributed by atoms with Gasteiger partial charge in [0.05, 0.1) is 5.56 Å². The first kappa shape index (κ1) is 23.4. The van der Waals surface area contributed by atoms with Crippen LogP contribution in [0.15, 0.2) is 72.8 Å². The summed E-state index contributed by atoms with van der Waals surface area (Å²) in [6.45, 7) is 5.83. The molecule has 5 nitrogen and oxygen atoms in total. The monoisotopic (exact) mass is 458 g/mol. The van der Waals surface area contributed by atoms with Crippen molar-refractivity contribution in [2.45, 2.75) is 19.8 Å². The summed E-state index contributed by atoms with van der Waals surface area (Å²) in [7, 11) is 0. The molecule has 6 heteroatoms. The predicted molar refractivity (Wildman–Crippen MR) is 129 cm³/mol. The minimum atomic E-state index is -0.427. The smallest absolute Gasteiger partial charge is 0.254 e. The topological polar surface area (TPSA) is 57.7 Å². The van der Waals surface area contributed by atoms with Crippen LogP contribution in [-0.2, 0) is 0 Å². The van der Waals surface area contributed by atoms with E-state index in [2.05, 4.69) is 13.8 Å². The Labute approximate surface area is 198 Å². The number of piperazine rings is 1. The molecule has 1 saturated heterocycles. The number of amides is 2. The zero-order valence-electron chi connectivity index (χ0n) is 19.3. The van der Waals surface area contributed by atoms with Crippen molar-refractivity contribution in [3.05, 3.63) is 106 Å². The lowest BCUT2D eigenvalue weighted by Crippen LogP contribution is -2.50. The van der Waals surface area contributed by atoms with Crippen LogP contribution in [0.4, 0.5) is 4.39 Å². The average molecular weight is 459 g/mol. The number of benzene rings is 3. The van der Waals surface area contributed by atoms with Crippen LogP contribution < -0.4 is 0 Å². The molecule has 0 aromatic heterocycles. The summed E-state index contributed by atoms with van der Waals surface area (Å²) in [5, 5.41) is 0. The van der Waals surface area contributed by atoms with Crippen LogP contribution in [0.25, 0.3) is 0 Å². The predicted octanol–water partition coefficient (Wildman–Crippen LogP) is 4.78. The molecule has 0 spiro atoms. The number of hydrogen-bond acceptors (Lipinski definition) is 3. The van der Waals surface area contributed by atoms with Gasteiger partial charge in [0.2, 0.25) is 0 Å². The van der Waals surface area contributed by atoms with Gasteiger partial charge in [-0.3, -0.25) is 14.4 Å². The normalized spacial score (nSPS) is 13.8.